The fourth-order valence-electron chi connectivity index (χ4n) is 2.99. The van der Waals surface area contributed by atoms with Gasteiger partial charge in [0.1, 0.15) is 23.9 Å². The summed E-state index contributed by atoms with van der Waals surface area (Å²) < 4.78 is 43.0. The van der Waals surface area contributed by atoms with E-state index in [1.165, 1.54) is 22.5 Å². The molecule has 1 fully saturated rings. The largest absolute Gasteiger partial charge is 0.490 e. The van der Waals surface area contributed by atoms with Gasteiger partial charge in [-0.05, 0) is 42.3 Å². The molecule has 0 aliphatic carbocycles. The predicted molar refractivity (Wildman–Crippen MR) is 113 cm³/mol. The highest BCUT2D eigenvalue weighted by molar-refractivity contribution is 7.89. The minimum absolute atomic E-state index is 0.0311. The quantitative estimate of drug-likeness (QED) is 0.451. The molecule has 2 aromatic carbocycles. The molecule has 9 heteroatoms. The van der Waals surface area contributed by atoms with Gasteiger partial charge in [-0.15, -0.1) is 0 Å². The van der Waals surface area contributed by atoms with Crippen LogP contribution in [0.25, 0.3) is 0 Å². The van der Waals surface area contributed by atoms with Gasteiger partial charge in [-0.2, -0.15) is 4.31 Å². The van der Waals surface area contributed by atoms with Crippen molar-refractivity contribution in [3.63, 3.8) is 0 Å². The maximum atomic E-state index is 12.9. The molecule has 1 saturated heterocycles. The van der Waals surface area contributed by atoms with Gasteiger partial charge in [0.25, 0.3) is 0 Å². The minimum Gasteiger partial charge on any atom is -0.490 e. The standard InChI is InChI=1S/C21H24ClNO6S/c1-2-16-4-3-5-18(14-16)28-12-13-29-21(24)17-6-7-19(22)20(15-17)30(25,26)23-8-10-27-11-9-23/h3-7,14-15H,2,8-13H2,1H3. The van der Waals surface area contributed by atoms with Gasteiger partial charge in [0.05, 0.1) is 23.8 Å². The summed E-state index contributed by atoms with van der Waals surface area (Å²) in [5, 5.41) is 0.0529. The molecule has 0 unspecified atom stereocenters. The Hall–Kier alpha value is -2.13. The van der Waals surface area contributed by atoms with Crippen molar-refractivity contribution in [2.75, 3.05) is 39.5 Å². The molecule has 0 N–H and O–H groups in total. The van der Waals surface area contributed by atoms with Gasteiger partial charge in [0.2, 0.25) is 10.0 Å². The number of carbonyl (C=O) groups excluding carboxylic acids is 1. The van der Waals surface area contributed by atoms with Crippen LogP contribution < -0.4 is 4.74 Å². The number of halogens is 1. The Kier molecular flexibility index (Phi) is 7.71. The second kappa shape index (κ2) is 10.3. The summed E-state index contributed by atoms with van der Waals surface area (Å²) >= 11 is 6.11. The lowest BCUT2D eigenvalue weighted by Gasteiger charge is -2.26. The van der Waals surface area contributed by atoms with E-state index in [2.05, 4.69) is 6.92 Å². The molecule has 1 aliphatic heterocycles. The topological polar surface area (TPSA) is 82.1 Å². The van der Waals surface area contributed by atoms with Gasteiger partial charge >= 0.3 is 5.97 Å². The van der Waals surface area contributed by atoms with E-state index in [1.54, 1.807) is 0 Å². The number of nitrogens with zero attached hydrogens (tertiary/aromatic N) is 1. The number of rotatable bonds is 8. The fraction of sp³-hybridized carbons (Fsp3) is 0.381. The number of ether oxygens (including phenoxy) is 3. The maximum Gasteiger partial charge on any atom is 0.338 e. The average Bonchev–Trinajstić information content (AvgIpc) is 2.77. The highest BCUT2D eigenvalue weighted by Crippen LogP contribution is 2.26. The molecule has 30 heavy (non-hydrogen) atoms. The predicted octanol–water partition coefficient (Wildman–Crippen LogP) is 3.16. The van der Waals surface area contributed by atoms with Crippen LogP contribution >= 0.6 is 11.6 Å². The van der Waals surface area contributed by atoms with Crippen molar-refractivity contribution >= 4 is 27.6 Å². The van der Waals surface area contributed by atoms with Crippen LogP contribution in [0.3, 0.4) is 0 Å². The van der Waals surface area contributed by atoms with Crippen molar-refractivity contribution in [3.05, 3.63) is 58.6 Å². The van der Waals surface area contributed by atoms with Gasteiger partial charge in [-0.1, -0.05) is 30.7 Å². The Balaban J connectivity index is 1.61. The lowest BCUT2D eigenvalue weighted by molar-refractivity contribution is 0.0450. The molecular weight excluding hydrogens is 430 g/mol. The monoisotopic (exact) mass is 453 g/mol. The van der Waals surface area contributed by atoms with E-state index in [0.717, 1.165) is 12.0 Å². The number of aryl methyl sites for hydroxylation is 1. The molecule has 1 heterocycles. The molecule has 0 radical (unpaired) electrons. The molecular formula is C21H24ClNO6S. The highest BCUT2D eigenvalue weighted by Gasteiger charge is 2.29. The van der Waals surface area contributed by atoms with Crippen molar-refractivity contribution in [2.24, 2.45) is 0 Å². The number of sulfonamides is 1. The van der Waals surface area contributed by atoms with Crippen LogP contribution in [-0.2, 0) is 25.9 Å². The molecule has 0 aromatic heterocycles. The van der Waals surface area contributed by atoms with Crippen molar-refractivity contribution in [3.8, 4) is 5.75 Å². The first-order chi connectivity index (χ1) is 14.4. The Morgan fingerprint density at radius 2 is 1.90 bits per heavy atom. The maximum absolute atomic E-state index is 12.9. The Labute approximate surface area is 181 Å². The Morgan fingerprint density at radius 1 is 1.13 bits per heavy atom. The number of hydrogen-bond donors (Lipinski definition) is 0. The first-order valence-electron chi connectivity index (χ1n) is 9.68. The summed E-state index contributed by atoms with van der Waals surface area (Å²) in [6.45, 7) is 3.39. The number of benzene rings is 2. The van der Waals surface area contributed by atoms with E-state index < -0.39 is 16.0 Å². The summed E-state index contributed by atoms with van der Waals surface area (Å²) in [6, 6.07) is 11.8. The Morgan fingerprint density at radius 3 is 2.63 bits per heavy atom. The van der Waals surface area contributed by atoms with Crippen LogP contribution in [0, 0.1) is 0 Å². The molecule has 0 amide bonds. The molecule has 1 aliphatic rings. The van der Waals surface area contributed by atoms with E-state index >= 15 is 0 Å². The molecule has 0 saturated carbocycles. The van der Waals surface area contributed by atoms with Gasteiger partial charge in [-0.25, -0.2) is 13.2 Å². The van der Waals surface area contributed by atoms with Crippen LogP contribution in [0.5, 0.6) is 5.75 Å². The summed E-state index contributed by atoms with van der Waals surface area (Å²) in [4.78, 5) is 12.3. The molecule has 0 bridgehead atoms. The number of hydrogen-bond acceptors (Lipinski definition) is 6. The lowest BCUT2D eigenvalue weighted by atomic mass is 10.2. The van der Waals surface area contributed by atoms with Gasteiger partial charge in [0.15, 0.2) is 0 Å². The molecule has 0 spiro atoms. The first-order valence-corrected chi connectivity index (χ1v) is 11.5. The zero-order chi connectivity index (χ0) is 21.6. The SMILES string of the molecule is CCc1cccc(OCCOC(=O)c2ccc(Cl)c(S(=O)(=O)N3CCOCC3)c2)c1. The third-order valence-corrected chi connectivity index (χ3v) is 7.03. The number of esters is 1. The van der Waals surface area contributed by atoms with Crippen molar-refractivity contribution in [1.82, 2.24) is 4.31 Å². The van der Waals surface area contributed by atoms with E-state index in [4.69, 9.17) is 25.8 Å². The second-order valence-electron chi connectivity index (χ2n) is 6.65. The molecule has 162 valence electrons. The summed E-state index contributed by atoms with van der Waals surface area (Å²) in [7, 11) is -3.83. The van der Waals surface area contributed by atoms with Crippen molar-refractivity contribution in [2.45, 2.75) is 18.2 Å². The molecule has 2 aromatic rings. The summed E-state index contributed by atoms with van der Waals surface area (Å²) in [6.07, 6.45) is 0.901. The highest BCUT2D eigenvalue weighted by atomic mass is 35.5. The van der Waals surface area contributed by atoms with E-state index in [0.29, 0.717) is 19.0 Å². The van der Waals surface area contributed by atoms with E-state index in [9.17, 15) is 13.2 Å². The van der Waals surface area contributed by atoms with E-state index in [1.807, 2.05) is 24.3 Å². The average molecular weight is 454 g/mol. The van der Waals surface area contributed by atoms with Crippen LogP contribution in [0.1, 0.15) is 22.8 Å². The first kappa shape index (κ1) is 22.6. The summed E-state index contributed by atoms with van der Waals surface area (Å²) in [5.74, 6) is 0.0618. The zero-order valence-corrected chi connectivity index (χ0v) is 18.2. The molecule has 7 nitrogen and oxygen atoms in total. The minimum atomic E-state index is -3.83. The zero-order valence-electron chi connectivity index (χ0n) is 16.7. The third-order valence-electron chi connectivity index (χ3n) is 4.65. The fourth-order valence-corrected chi connectivity index (χ4v) is 4.89. The number of carbonyl (C=O) groups is 1. The van der Waals surface area contributed by atoms with Crippen molar-refractivity contribution in [1.29, 1.82) is 0 Å². The summed E-state index contributed by atoms with van der Waals surface area (Å²) in [5.41, 5.74) is 1.26. The van der Waals surface area contributed by atoms with Gasteiger partial charge in [-0.3, -0.25) is 0 Å². The van der Waals surface area contributed by atoms with Crippen molar-refractivity contribution < 1.29 is 27.4 Å². The van der Waals surface area contributed by atoms with Crippen LogP contribution in [0.2, 0.25) is 5.02 Å². The molecule has 0 atom stereocenters. The smallest absolute Gasteiger partial charge is 0.338 e. The lowest BCUT2D eigenvalue weighted by Crippen LogP contribution is -2.40. The van der Waals surface area contributed by atoms with Crippen LogP contribution in [0.15, 0.2) is 47.4 Å². The van der Waals surface area contributed by atoms with Crippen LogP contribution in [0.4, 0.5) is 0 Å². The Bertz CT molecular complexity index is 989. The second-order valence-corrected chi connectivity index (χ2v) is 8.96. The van der Waals surface area contributed by atoms with Crippen LogP contribution in [-0.4, -0.2) is 58.2 Å². The molecule has 3 rings (SSSR count). The van der Waals surface area contributed by atoms with Gasteiger partial charge in [0, 0.05) is 13.1 Å². The van der Waals surface area contributed by atoms with Gasteiger partial charge < -0.3 is 14.2 Å². The number of morpholine rings is 1. The normalized spacial score (nSPS) is 15.0. The van der Waals surface area contributed by atoms with E-state index in [-0.39, 0.29) is 41.8 Å². The third kappa shape index (κ3) is 5.51.